The number of likely N-dealkylation sites (N-methyl/N-ethyl adjacent to an activating group) is 1. The van der Waals surface area contributed by atoms with Crippen LogP contribution in [0, 0.1) is 0 Å². The van der Waals surface area contributed by atoms with Crippen molar-refractivity contribution < 1.29 is 0 Å². The third kappa shape index (κ3) is 5.88. The van der Waals surface area contributed by atoms with Gasteiger partial charge in [0.15, 0.2) is 0 Å². The van der Waals surface area contributed by atoms with Gasteiger partial charge in [0.25, 0.3) is 0 Å². The molecule has 0 aliphatic rings. The molecule has 0 heterocycles. The average Bonchev–Trinajstić information content (AvgIpc) is 1.81. The number of rotatable bonds is 5. The first-order chi connectivity index (χ1) is 3.91. The number of hydrazine groups is 1. The molecule has 3 N–H and O–H groups in total. The van der Waals surface area contributed by atoms with Gasteiger partial charge in [-0.3, -0.25) is 10.9 Å². The van der Waals surface area contributed by atoms with Gasteiger partial charge in [-0.05, 0) is 7.05 Å². The van der Waals surface area contributed by atoms with Gasteiger partial charge in [0, 0.05) is 19.6 Å². The summed E-state index contributed by atoms with van der Waals surface area (Å²) in [6.45, 7) is 5.02. The summed E-state index contributed by atoms with van der Waals surface area (Å²) < 4.78 is 0. The smallest absolute Gasteiger partial charge is 0.0225 e. The lowest BCUT2D eigenvalue weighted by atomic mass is 10.6. The minimum atomic E-state index is 0.976. The number of hydrogen-bond acceptors (Lipinski definition) is 3. The van der Waals surface area contributed by atoms with Crippen molar-refractivity contribution in [3.05, 3.63) is 0 Å². The molecule has 0 amide bonds. The first-order valence-electron chi connectivity index (χ1n) is 3.02. The second-order valence-corrected chi connectivity index (χ2v) is 1.56. The van der Waals surface area contributed by atoms with Crippen LogP contribution in [0.1, 0.15) is 6.92 Å². The Labute approximate surface area is 50.8 Å². The zero-order chi connectivity index (χ0) is 6.24. The zero-order valence-electron chi connectivity index (χ0n) is 5.62. The Morgan fingerprint density at radius 1 is 1.12 bits per heavy atom. The fraction of sp³-hybridized carbons (Fsp3) is 1.00. The summed E-state index contributed by atoms with van der Waals surface area (Å²) in [5.41, 5.74) is 6.02. The Kier molecular flexibility index (Phi) is 6.78. The molecule has 0 aliphatic carbocycles. The summed E-state index contributed by atoms with van der Waals surface area (Å²) in [5.74, 6) is 0. The van der Waals surface area contributed by atoms with E-state index in [2.05, 4.69) is 23.1 Å². The monoisotopic (exact) mass is 117 g/mol. The van der Waals surface area contributed by atoms with Crippen molar-refractivity contribution in [1.29, 1.82) is 0 Å². The van der Waals surface area contributed by atoms with Crippen LogP contribution in [0.25, 0.3) is 0 Å². The maximum Gasteiger partial charge on any atom is 0.0225 e. The molecule has 0 unspecified atom stereocenters. The second kappa shape index (κ2) is 6.88. The van der Waals surface area contributed by atoms with E-state index in [0.29, 0.717) is 0 Å². The fourth-order valence-corrected chi connectivity index (χ4v) is 0.401. The van der Waals surface area contributed by atoms with Gasteiger partial charge in [-0.15, -0.1) is 0 Å². The Morgan fingerprint density at radius 3 is 2.38 bits per heavy atom. The molecule has 0 saturated carbocycles. The highest BCUT2D eigenvalue weighted by Crippen LogP contribution is 1.49. The lowest BCUT2D eigenvalue weighted by Gasteiger charge is -2.01. The normalized spacial score (nSPS) is 9.75. The number of hydrogen-bond donors (Lipinski definition) is 3. The van der Waals surface area contributed by atoms with Crippen molar-refractivity contribution in [2.75, 3.05) is 26.7 Å². The molecular formula is C5H15N3. The van der Waals surface area contributed by atoms with Gasteiger partial charge in [0.2, 0.25) is 0 Å². The summed E-state index contributed by atoms with van der Waals surface area (Å²) in [4.78, 5) is 0. The highest BCUT2D eigenvalue weighted by atomic mass is 15.3. The average molecular weight is 117 g/mol. The van der Waals surface area contributed by atoms with Crippen molar-refractivity contribution in [1.82, 2.24) is 16.2 Å². The molecule has 3 nitrogen and oxygen atoms in total. The topological polar surface area (TPSA) is 36.1 Å². The van der Waals surface area contributed by atoms with E-state index in [1.165, 1.54) is 0 Å². The molecule has 0 radical (unpaired) electrons. The van der Waals surface area contributed by atoms with E-state index in [1.807, 2.05) is 7.05 Å². The number of nitrogens with one attached hydrogen (secondary N) is 3. The predicted molar refractivity (Wildman–Crippen MR) is 35.6 cm³/mol. The summed E-state index contributed by atoms with van der Waals surface area (Å²) in [6, 6.07) is 0. The lowest BCUT2D eigenvalue weighted by molar-refractivity contribution is 0.541. The SMILES string of the molecule is CCNNCCNC. The molecule has 0 spiro atoms. The molecular weight excluding hydrogens is 102 g/mol. The molecule has 0 saturated heterocycles. The molecule has 3 heteroatoms. The van der Waals surface area contributed by atoms with Gasteiger partial charge in [-0.1, -0.05) is 6.92 Å². The van der Waals surface area contributed by atoms with Crippen LogP contribution >= 0.6 is 0 Å². The molecule has 0 aromatic carbocycles. The van der Waals surface area contributed by atoms with Gasteiger partial charge in [-0.25, -0.2) is 0 Å². The summed E-state index contributed by atoms with van der Waals surface area (Å²) >= 11 is 0. The van der Waals surface area contributed by atoms with Gasteiger partial charge < -0.3 is 5.32 Å². The van der Waals surface area contributed by atoms with Crippen molar-refractivity contribution >= 4 is 0 Å². The highest BCUT2D eigenvalue weighted by Gasteiger charge is 1.77. The van der Waals surface area contributed by atoms with Crippen molar-refractivity contribution in [3.8, 4) is 0 Å². The van der Waals surface area contributed by atoms with Crippen molar-refractivity contribution in [3.63, 3.8) is 0 Å². The van der Waals surface area contributed by atoms with Crippen LogP contribution in [-0.4, -0.2) is 26.7 Å². The van der Waals surface area contributed by atoms with Gasteiger partial charge in [-0.2, -0.15) is 0 Å². The first kappa shape index (κ1) is 7.88. The minimum absolute atomic E-state index is 0.976. The molecule has 0 fully saturated rings. The van der Waals surface area contributed by atoms with E-state index in [1.54, 1.807) is 0 Å². The molecule has 0 aromatic rings. The molecule has 0 aliphatic heterocycles. The standard InChI is InChI=1S/C5H15N3/c1-3-7-8-5-4-6-2/h6-8H,3-5H2,1-2H3. The van der Waals surface area contributed by atoms with Crippen molar-refractivity contribution in [2.24, 2.45) is 0 Å². The third-order valence-corrected chi connectivity index (χ3v) is 0.802. The second-order valence-electron chi connectivity index (χ2n) is 1.56. The molecule has 0 aromatic heterocycles. The fourth-order valence-electron chi connectivity index (χ4n) is 0.401. The van der Waals surface area contributed by atoms with E-state index in [-0.39, 0.29) is 0 Å². The molecule has 0 rings (SSSR count). The predicted octanol–water partition coefficient (Wildman–Crippen LogP) is -0.680. The summed E-state index contributed by atoms with van der Waals surface area (Å²) in [7, 11) is 1.94. The Morgan fingerprint density at radius 2 is 1.88 bits per heavy atom. The van der Waals surface area contributed by atoms with Crippen molar-refractivity contribution in [2.45, 2.75) is 6.92 Å². The molecule has 0 atom stereocenters. The van der Waals surface area contributed by atoms with E-state index >= 15 is 0 Å². The van der Waals surface area contributed by atoms with E-state index in [4.69, 9.17) is 0 Å². The minimum Gasteiger partial charge on any atom is -0.318 e. The third-order valence-electron chi connectivity index (χ3n) is 0.802. The largest absolute Gasteiger partial charge is 0.318 e. The van der Waals surface area contributed by atoms with Crippen LogP contribution in [0.15, 0.2) is 0 Å². The van der Waals surface area contributed by atoms with Crippen LogP contribution in [0.5, 0.6) is 0 Å². The maximum absolute atomic E-state index is 3.02. The Hall–Kier alpha value is -0.120. The van der Waals surface area contributed by atoms with Crippen LogP contribution in [-0.2, 0) is 0 Å². The van der Waals surface area contributed by atoms with Gasteiger partial charge in [0.05, 0.1) is 0 Å². The maximum atomic E-state index is 3.02. The van der Waals surface area contributed by atoms with Crippen LogP contribution in [0.2, 0.25) is 0 Å². The van der Waals surface area contributed by atoms with E-state index < -0.39 is 0 Å². The Balaban J connectivity index is 2.53. The van der Waals surface area contributed by atoms with Crippen LogP contribution < -0.4 is 16.2 Å². The highest BCUT2D eigenvalue weighted by molar-refractivity contribution is 4.40. The molecule has 0 bridgehead atoms. The zero-order valence-corrected chi connectivity index (χ0v) is 5.62. The van der Waals surface area contributed by atoms with E-state index in [9.17, 15) is 0 Å². The van der Waals surface area contributed by atoms with Gasteiger partial charge in [0.1, 0.15) is 0 Å². The quantitative estimate of drug-likeness (QED) is 0.330. The van der Waals surface area contributed by atoms with Gasteiger partial charge >= 0.3 is 0 Å². The molecule has 50 valence electrons. The summed E-state index contributed by atoms with van der Waals surface area (Å²) in [6.07, 6.45) is 0. The lowest BCUT2D eigenvalue weighted by Crippen LogP contribution is -2.36. The Bertz CT molecular complexity index is 32.7. The van der Waals surface area contributed by atoms with E-state index in [0.717, 1.165) is 19.6 Å². The van der Waals surface area contributed by atoms with Crippen LogP contribution in [0.3, 0.4) is 0 Å². The summed E-state index contributed by atoms with van der Waals surface area (Å²) in [5, 5.41) is 3.02. The van der Waals surface area contributed by atoms with Crippen LogP contribution in [0.4, 0.5) is 0 Å². The first-order valence-corrected chi connectivity index (χ1v) is 3.02. The molecule has 8 heavy (non-hydrogen) atoms.